The summed E-state index contributed by atoms with van der Waals surface area (Å²) in [6.07, 6.45) is 3.15. The number of halogens is 1. The second-order valence-corrected chi connectivity index (χ2v) is 7.00. The van der Waals surface area contributed by atoms with Crippen LogP contribution in [0.1, 0.15) is 15.2 Å². The lowest BCUT2D eigenvalue weighted by Gasteiger charge is -2.00. The summed E-state index contributed by atoms with van der Waals surface area (Å²) in [5.41, 5.74) is 4.87. The van der Waals surface area contributed by atoms with Crippen molar-refractivity contribution in [2.24, 2.45) is 5.10 Å². The standard InChI is InChI=1S/C19H14ClN5OS/c20-17-16(27-19(24-17)23-12-6-2-1-3-7-12)11-22-25-18(26)14-10-21-15-9-5-4-8-13(14)15/h1-11,21H,(H,23,24)(H,25,26)/b22-11+. The number of carbonyl (C=O) groups is 1. The Morgan fingerprint density at radius 3 is 2.78 bits per heavy atom. The molecule has 8 heteroatoms. The summed E-state index contributed by atoms with van der Waals surface area (Å²) in [4.78, 5) is 20.3. The maximum Gasteiger partial charge on any atom is 0.273 e. The van der Waals surface area contributed by atoms with E-state index < -0.39 is 0 Å². The second kappa shape index (κ2) is 7.61. The maximum absolute atomic E-state index is 12.3. The number of amides is 1. The third kappa shape index (κ3) is 3.84. The van der Waals surface area contributed by atoms with Crippen molar-refractivity contribution in [2.45, 2.75) is 0 Å². The molecule has 0 radical (unpaired) electrons. The van der Waals surface area contributed by atoms with Gasteiger partial charge in [0, 0.05) is 22.8 Å². The molecule has 0 aliphatic carbocycles. The Morgan fingerprint density at radius 2 is 1.93 bits per heavy atom. The van der Waals surface area contributed by atoms with Gasteiger partial charge in [-0.1, -0.05) is 59.3 Å². The van der Waals surface area contributed by atoms with Gasteiger partial charge in [-0.2, -0.15) is 5.10 Å². The van der Waals surface area contributed by atoms with Crippen LogP contribution in [0.25, 0.3) is 10.9 Å². The first kappa shape index (κ1) is 17.3. The Labute approximate surface area is 163 Å². The maximum atomic E-state index is 12.3. The highest BCUT2D eigenvalue weighted by Crippen LogP contribution is 2.27. The van der Waals surface area contributed by atoms with E-state index in [2.05, 4.69) is 25.8 Å². The quantitative estimate of drug-likeness (QED) is 0.336. The number of para-hydroxylation sites is 2. The minimum atomic E-state index is -0.299. The molecule has 0 spiro atoms. The van der Waals surface area contributed by atoms with Crippen molar-refractivity contribution < 1.29 is 4.79 Å². The van der Waals surface area contributed by atoms with E-state index in [-0.39, 0.29) is 5.91 Å². The summed E-state index contributed by atoms with van der Waals surface area (Å²) in [6.45, 7) is 0. The fourth-order valence-corrected chi connectivity index (χ4v) is 3.61. The molecule has 0 aliphatic rings. The number of H-pyrrole nitrogens is 1. The smallest absolute Gasteiger partial charge is 0.273 e. The molecule has 2 aromatic carbocycles. The van der Waals surface area contributed by atoms with Crippen molar-refractivity contribution in [1.82, 2.24) is 15.4 Å². The zero-order chi connectivity index (χ0) is 18.6. The lowest BCUT2D eigenvalue weighted by atomic mass is 10.2. The van der Waals surface area contributed by atoms with Gasteiger partial charge in [0.05, 0.1) is 16.7 Å². The highest BCUT2D eigenvalue weighted by atomic mass is 35.5. The number of fused-ring (bicyclic) bond motifs is 1. The van der Waals surface area contributed by atoms with Crippen LogP contribution in [0.5, 0.6) is 0 Å². The van der Waals surface area contributed by atoms with Crippen LogP contribution in [0, 0.1) is 0 Å². The Morgan fingerprint density at radius 1 is 1.15 bits per heavy atom. The van der Waals surface area contributed by atoms with E-state index in [4.69, 9.17) is 11.6 Å². The number of hydrazone groups is 1. The minimum absolute atomic E-state index is 0.299. The lowest BCUT2D eigenvalue weighted by Crippen LogP contribution is -2.17. The van der Waals surface area contributed by atoms with Gasteiger partial charge in [-0.3, -0.25) is 4.79 Å². The number of nitrogens with zero attached hydrogens (tertiary/aromatic N) is 2. The predicted octanol–water partition coefficient (Wildman–Crippen LogP) is 4.79. The van der Waals surface area contributed by atoms with E-state index in [1.165, 1.54) is 17.6 Å². The van der Waals surface area contributed by atoms with Crippen LogP contribution in [0.2, 0.25) is 5.15 Å². The SMILES string of the molecule is O=C(N/N=C/c1sc(Nc2ccccc2)nc1Cl)c1c[nH]c2ccccc12. The summed E-state index contributed by atoms with van der Waals surface area (Å²) >= 11 is 7.50. The largest absolute Gasteiger partial charge is 0.360 e. The monoisotopic (exact) mass is 395 g/mol. The van der Waals surface area contributed by atoms with Crippen LogP contribution in [0.4, 0.5) is 10.8 Å². The Kier molecular flexibility index (Phi) is 4.86. The van der Waals surface area contributed by atoms with Gasteiger partial charge in [-0.25, -0.2) is 10.4 Å². The molecule has 4 aromatic rings. The van der Waals surface area contributed by atoms with E-state index in [0.29, 0.717) is 20.7 Å². The number of hydrogen-bond donors (Lipinski definition) is 3. The molecule has 0 fully saturated rings. The average Bonchev–Trinajstić information content (AvgIpc) is 3.26. The topological polar surface area (TPSA) is 82.2 Å². The first-order valence-electron chi connectivity index (χ1n) is 8.08. The molecule has 27 heavy (non-hydrogen) atoms. The van der Waals surface area contributed by atoms with Gasteiger partial charge in [0.1, 0.15) is 0 Å². The molecule has 0 unspecified atom stereocenters. The number of nitrogens with one attached hydrogen (secondary N) is 3. The molecule has 0 atom stereocenters. The van der Waals surface area contributed by atoms with Crippen molar-refractivity contribution in [3.05, 3.63) is 76.4 Å². The van der Waals surface area contributed by atoms with E-state index >= 15 is 0 Å². The van der Waals surface area contributed by atoms with Gasteiger partial charge in [-0.05, 0) is 18.2 Å². The van der Waals surface area contributed by atoms with Gasteiger partial charge in [0.2, 0.25) is 0 Å². The zero-order valence-electron chi connectivity index (χ0n) is 13.9. The molecule has 0 saturated heterocycles. The highest BCUT2D eigenvalue weighted by Gasteiger charge is 2.11. The molecule has 0 aliphatic heterocycles. The molecule has 2 heterocycles. The van der Waals surface area contributed by atoms with Crippen LogP contribution < -0.4 is 10.7 Å². The van der Waals surface area contributed by atoms with Crippen molar-refractivity contribution in [1.29, 1.82) is 0 Å². The van der Waals surface area contributed by atoms with E-state index in [1.54, 1.807) is 6.20 Å². The Bertz CT molecular complexity index is 1120. The van der Waals surface area contributed by atoms with Crippen LogP contribution >= 0.6 is 22.9 Å². The lowest BCUT2D eigenvalue weighted by molar-refractivity contribution is 0.0957. The van der Waals surface area contributed by atoms with Crippen LogP contribution in [-0.2, 0) is 0 Å². The Hall–Kier alpha value is -3.16. The molecule has 2 aromatic heterocycles. The van der Waals surface area contributed by atoms with Crippen LogP contribution in [0.3, 0.4) is 0 Å². The van der Waals surface area contributed by atoms with Crippen LogP contribution in [0.15, 0.2) is 65.9 Å². The number of aromatic amines is 1. The van der Waals surface area contributed by atoms with Gasteiger partial charge < -0.3 is 10.3 Å². The zero-order valence-corrected chi connectivity index (χ0v) is 15.5. The molecule has 6 nitrogen and oxygen atoms in total. The number of rotatable bonds is 5. The van der Waals surface area contributed by atoms with E-state index in [9.17, 15) is 4.79 Å². The van der Waals surface area contributed by atoms with Crippen LogP contribution in [-0.4, -0.2) is 22.1 Å². The number of thiazole rings is 1. The van der Waals surface area contributed by atoms with Gasteiger partial charge in [0.25, 0.3) is 5.91 Å². The number of aromatic nitrogens is 2. The Balaban J connectivity index is 1.44. The molecular formula is C19H14ClN5OS. The number of carbonyl (C=O) groups excluding carboxylic acids is 1. The number of benzene rings is 2. The van der Waals surface area contributed by atoms with Gasteiger partial charge >= 0.3 is 0 Å². The molecule has 4 rings (SSSR count). The molecule has 3 N–H and O–H groups in total. The van der Waals surface area contributed by atoms with Gasteiger partial charge in [-0.15, -0.1) is 0 Å². The average molecular weight is 396 g/mol. The van der Waals surface area contributed by atoms with Gasteiger partial charge in [0.15, 0.2) is 10.3 Å². The normalized spacial score (nSPS) is 11.1. The van der Waals surface area contributed by atoms with Crippen molar-refractivity contribution in [3.63, 3.8) is 0 Å². The van der Waals surface area contributed by atoms with E-state index in [0.717, 1.165) is 16.6 Å². The van der Waals surface area contributed by atoms with Crippen molar-refractivity contribution in [3.8, 4) is 0 Å². The van der Waals surface area contributed by atoms with Crippen molar-refractivity contribution >= 4 is 56.8 Å². The first-order valence-corrected chi connectivity index (χ1v) is 9.28. The molecule has 0 bridgehead atoms. The third-order valence-corrected chi connectivity index (χ3v) is 5.12. The van der Waals surface area contributed by atoms with E-state index in [1.807, 2.05) is 54.6 Å². The highest BCUT2D eigenvalue weighted by molar-refractivity contribution is 7.17. The fourth-order valence-electron chi connectivity index (χ4n) is 2.56. The first-order chi connectivity index (χ1) is 13.2. The minimum Gasteiger partial charge on any atom is -0.360 e. The molecule has 0 saturated carbocycles. The summed E-state index contributed by atoms with van der Waals surface area (Å²) < 4.78 is 0. The number of hydrogen-bond acceptors (Lipinski definition) is 5. The molecular weight excluding hydrogens is 382 g/mol. The fraction of sp³-hybridized carbons (Fsp3) is 0. The summed E-state index contributed by atoms with van der Waals surface area (Å²) in [7, 11) is 0. The second-order valence-electron chi connectivity index (χ2n) is 5.61. The molecule has 134 valence electrons. The molecule has 1 amide bonds. The predicted molar refractivity (Wildman–Crippen MR) is 110 cm³/mol. The van der Waals surface area contributed by atoms with Crippen molar-refractivity contribution in [2.75, 3.05) is 5.32 Å². The summed E-state index contributed by atoms with van der Waals surface area (Å²) in [6, 6.07) is 17.3. The third-order valence-electron chi connectivity index (χ3n) is 3.82. The summed E-state index contributed by atoms with van der Waals surface area (Å²) in [5.74, 6) is -0.299. The summed E-state index contributed by atoms with van der Waals surface area (Å²) in [5, 5.41) is 9.00. The number of anilines is 2.